The Bertz CT molecular complexity index is 938. The topological polar surface area (TPSA) is 137 Å². The van der Waals surface area contributed by atoms with Crippen LogP contribution in [0.3, 0.4) is 0 Å². The molecule has 1 atom stereocenters. The first kappa shape index (κ1) is 22.4. The number of nitro groups is 1. The van der Waals surface area contributed by atoms with Crippen molar-refractivity contribution in [1.82, 2.24) is 5.32 Å². The zero-order valence-corrected chi connectivity index (χ0v) is 16.8. The van der Waals surface area contributed by atoms with Crippen LogP contribution in [0.5, 0.6) is 5.75 Å². The summed E-state index contributed by atoms with van der Waals surface area (Å²) in [7, 11) is 0. The summed E-state index contributed by atoms with van der Waals surface area (Å²) in [6.07, 6.45) is 0. The monoisotopic (exact) mass is 440 g/mol. The number of carbonyl (C=O) groups excluding carboxylic acids is 2. The number of hydrogen-bond acceptors (Lipinski definition) is 6. The van der Waals surface area contributed by atoms with E-state index in [1.54, 1.807) is 6.07 Å². The molecule has 0 aliphatic carbocycles. The predicted octanol–water partition coefficient (Wildman–Crippen LogP) is 3.00. The maximum atomic E-state index is 12.6. The highest BCUT2D eigenvalue weighted by Gasteiger charge is 2.21. The third-order valence-corrected chi connectivity index (χ3v) is 4.27. The second-order valence-corrected chi connectivity index (χ2v) is 6.73. The van der Waals surface area contributed by atoms with Crippen molar-refractivity contribution in [3.63, 3.8) is 0 Å². The van der Waals surface area contributed by atoms with Gasteiger partial charge in [-0.05, 0) is 31.2 Å². The lowest BCUT2D eigenvalue weighted by Crippen LogP contribution is -2.41. The number of amides is 2. The second kappa shape index (κ2) is 10.1. The van der Waals surface area contributed by atoms with Gasteiger partial charge in [-0.1, -0.05) is 23.2 Å². The van der Waals surface area contributed by atoms with Crippen LogP contribution in [0.4, 0.5) is 11.4 Å². The third-order valence-electron chi connectivity index (χ3n) is 3.72. The minimum Gasteiger partial charge on any atom is -0.491 e. The predicted molar refractivity (Wildman–Crippen MR) is 110 cm³/mol. The molecule has 4 N–H and O–H groups in total. The van der Waals surface area contributed by atoms with E-state index in [2.05, 4.69) is 10.6 Å². The molecule has 0 aliphatic heterocycles. The van der Waals surface area contributed by atoms with Crippen molar-refractivity contribution in [1.29, 1.82) is 0 Å². The van der Waals surface area contributed by atoms with Gasteiger partial charge in [-0.2, -0.15) is 0 Å². The molecule has 0 aliphatic rings. The third kappa shape index (κ3) is 6.05. The standard InChI is InChI=1S/C18H18Cl2N4O5/c1-10(17(25)23-15-4-3-12(24(27)28)9-14(15)20)22-18(26)13-8-11(19)2-5-16(13)29-7-6-21/h2-5,8-10H,6-7,21H2,1H3,(H,22,26)(H,23,25)/t10-/m0/s1. The van der Waals surface area contributed by atoms with Crippen molar-refractivity contribution in [2.24, 2.45) is 5.73 Å². The van der Waals surface area contributed by atoms with Gasteiger partial charge in [0.2, 0.25) is 5.91 Å². The Hall–Kier alpha value is -2.88. The van der Waals surface area contributed by atoms with Gasteiger partial charge in [-0.3, -0.25) is 19.7 Å². The molecule has 0 radical (unpaired) electrons. The fourth-order valence-electron chi connectivity index (χ4n) is 2.27. The fourth-order valence-corrected chi connectivity index (χ4v) is 2.67. The number of non-ortho nitro benzene ring substituents is 1. The van der Waals surface area contributed by atoms with Crippen LogP contribution in [-0.2, 0) is 4.79 Å². The number of nitro benzene ring substituents is 1. The van der Waals surface area contributed by atoms with E-state index in [0.29, 0.717) is 5.02 Å². The van der Waals surface area contributed by atoms with E-state index in [-0.39, 0.29) is 40.9 Å². The first-order valence-electron chi connectivity index (χ1n) is 8.41. The minimum absolute atomic E-state index is 0.00149. The highest BCUT2D eigenvalue weighted by molar-refractivity contribution is 6.34. The van der Waals surface area contributed by atoms with Crippen LogP contribution >= 0.6 is 23.2 Å². The maximum Gasteiger partial charge on any atom is 0.271 e. The normalized spacial score (nSPS) is 11.4. The van der Waals surface area contributed by atoms with Crippen LogP contribution in [-0.4, -0.2) is 35.9 Å². The minimum atomic E-state index is -0.949. The number of carbonyl (C=O) groups is 2. The van der Waals surface area contributed by atoms with Crippen molar-refractivity contribution in [3.8, 4) is 5.75 Å². The Morgan fingerprint density at radius 2 is 1.97 bits per heavy atom. The Morgan fingerprint density at radius 1 is 1.24 bits per heavy atom. The molecule has 0 bridgehead atoms. The van der Waals surface area contributed by atoms with Crippen LogP contribution in [0, 0.1) is 10.1 Å². The molecule has 2 amide bonds. The summed E-state index contributed by atoms with van der Waals surface area (Å²) in [5.41, 5.74) is 5.53. The fraction of sp³-hybridized carbons (Fsp3) is 0.222. The number of nitrogens with one attached hydrogen (secondary N) is 2. The zero-order chi connectivity index (χ0) is 21.6. The Labute approximate surface area is 176 Å². The van der Waals surface area contributed by atoms with Crippen LogP contribution < -0.4 is 21.1 Å². The van der Waals surface area contributed by atoms with Crippen molar-refractivity contribution in [3.05, 3.63) is 62.1 Å². The molecular formula is C18H18Cl2N4O5. The molecule has 0 saturated carbocycles. The molecule has 154 valence electrons. The molecule has 0 saturated heterocycles. The van der Waals surface area contributed by atoms with Gasteiger partial charge in [0.25, 0.3) is 11.6 Å². The summed E-state index contributed by atoms with van der Waals surface area (Å²) in [5, 5.41) is 16.1. The maximum absolute atomic E-state index is 12.6. The Kier molecular flexibility index (Phi) is 7.77. The van der Waals surface area contributed by atoms with Gasteiger partial charge in [0, 0.05) is 23.7 Å². The van der Waals surface area contributed by atoms with E-state index in [4.69, 9.17) is 33.7 Å². The lowest BCUT2D eigenvalue weighted by Gasteiger charge is -2.16. The van der Waals surface area contributed by atoms with Gasteiger partial charge in [0.05, 0.1) is 21.2 Å². The van der Waals surface area contributed by atoms with Crippen LogP contribution in [0.25, 0.3) is 0 Å². The van der Waals surface area contributed by atoms with Gasteiger partial charge < -0.3 is 21.1 Å². The summed E-state index contributed by atoms with van der Waals surface area (Å²) >= 11 is 11.9. The molecule has 2 aromatic carbocycles. The number of rotatable bonds is 8. The number of hydrogen-bond donors (Lipinski definition) is 3. The average Bonchev–Trinajstić information content (AvgIpc) is 2.68. The van der Waals surface area contributed by atoms with Crippen LogP contribution in [0.1, 0.15) is 17.3 Å². The lowest BCUT2D eigenvalue weighted by atomic mass is 10.1. The van der Waals surface area contributed by atoms with Gasteiger partial charge in [-0.15, -0.1) is 0 Å². The molecule has 0 heterocycles. The van der Waals surface area contributed by atoms with E-state index in [0.717, 1.165) is 6.07 Å². The summed E-state index contributed by atoms with van der Waals surface area (Å²) in [6.45, 7) is 1.94. The quantitative estimate of drug-likeness (QED) is 0.426. The number of nitrogens with two attached hydrogens (primary N) is 1. The highest BCUT2D eigenvalue weighted by Crippen LogP contribution is 2.27. The summed E-state index contributed by atoms with van der Waals surface area (Å²) in [6, 6.07) is 7.20. The molecule has 2 aromatic rings. The number of anilines is 1. The molecule has 0 fully saturated rings. The second-order valence-electron chi connectivity index (χ2n) is 5.88. The number of ether oxygens (including phenoxy) is 1. The number of benzene rings is 2. The summed E-state index contributed by atoms with van der Waals surface area (Å²) in [5.74, 6) is -0.860. The lowest BCUT2D eigenvalue weighted by molar-refractivity contribution is -0.384. The zero-order valence-electron chi connectivity index (χ0n) is 15.3. The smallest absolute Gasteiger partial charge is 0.271 e. The molecule has 29 heavy (non-hydrogen) atoms. The van der Waals surface area contributed by atoms with Crippen molar-refractivity contribution in [2.45, 2.75) is 13.0 Å². The van der Waals surface area contributed by atoms with Crippen molar-refractivity contribution in [2.75, 3.05) is 18.5 Å². The van der Waals surface area contributed by atoms with E-state index in [1.165, 1.54) is 31.2 Å². The van der Waals surface area contributed by atoms with Gasteiger partial charge in [-0.25, -0.2) is 0 Å². The highest BCUT2D eigenvalue weighted by atomic mass is 35.5. The van der Waals surface area contributed by atoms with Gasteiger partial charge in [0.15, 0.2) is 0 Å². The van der Waals surface area contributed by atoms with Crippen molar-refractivity contribution >= 4 is 46.4 Å². The van der Waals surface area contributed by atoms with Crippen LogP contribution in [0.15, 0.2) is 36.4 Å². The van der Waals surface area contributed by atoms with E-state index in [1.807, 2.05) is 0 Å². The molecule has 2 rings (SSSR count). The van der Waals surface area contributed by atoms with E-state index < -0.39 is 22.8 Å². The molecule has 9 nitrogen and oxygen atoms in total. The number of halogens is 2. The average molecular weight is 441 g/mol. The van der Waals surface area contributed by atoms with Gasteiger partial charge in [0.1, 0.15) is 18.4 Å². The van der Waals surface area contributed by atoms with E-state index in [9.17, 15) is 19.7 Å². The summed E-state index contributed by atoms with van der Waals surface area (Å²) in [4.78, 5) is 35.1. The number of nitrogens with zero attached hydrogens (tertiary/aromatic N) is 1. The molecular weight excluding hydrogens is 423 g/mol. The largest absolute Gasteiger partial charge is 0.491 e. The SMILES string of the molecule is C[C@H](NC(=O)c1cc(Cl)ccc1OCCN)C(=O)Nc1ccc([N+](=O)[O-])cc1Cl. The first-order valence-corrected chi connectivity index (χ1v) is 9.16. The Morgan fingerprint density at radius 3 is 2.59 bits per heavy atom. The van der Waals surface area contributed by atoms with Crippen LogP contribution in [0.2, 0.25) is 10.0 Å². The van der Waals surface area contributed by atoms with E-state index >= 15 is 0 Å². The Balaban J connectivity index is 2.09. The molecule has 0 aromatic heterocycles. The first-order chi connectivity index (χ1) is 13.7. The van der Waals surface area contributed by atoms with Crippen molar-refractivity contribution < 1.29 is 19.2 Å². The molecule has 11 heteroatoms. The van der Waals surface area contributed by atoms with Gasteiger partial charge >= 0.3 is 0 Å². The molecule has 0 spiro atoms. The summed E-state index contributed by atoms with van der Waals surface area (Å²) < 4.78 is 5.43. The molecule has 0 unspecified atom stereocenters.